The molecule has 0 aromatic rings. The molecule has 0 aliphatic carbocycles. The molecule has 0 fully saturated rings. The molecule has 12 heavy (non-hydrogen) atoms. The van der Waals surface area contributed by atoms with Gasteiger partial charge in [0.1, 0.15) is 0 Å². The zero-order valence-electron chi connectivity index (χ0n) is 5.95. The van der Waals surface area contributed by atoms with Crippen molar-refractivity contribution in [2.24, 2.45) is 0 Å². The van der Waals surface area contributed by atoms with Gasteiger partial charge in [-0.2, -0.15) is 0 Å². The topological polar surface area (TPSA) is 124 Å². The van der Waals surface area contributed by atoms with Gasteiger partial charge in [0.05, 0.1) is 6.61 Å². The second-order valence-electron chi connectivity index (χ2n) is 1.61. The van der Waals surface area contributed by atoms with Crippen molar-refractivity contribution in [1.82, 2.24) is 0 Å². The molecule has 0 aromatic heterocycles. The first-order valence-electron chi connectivity index (χ1n) is 2.44. The summed E-state index contributed by atoms with van der Waals surface area (Å²) in [5.41, 5.74) is 0. The van der Waals surface area contributed by atoms with E-state index < -0.39 is 26.5 Å². The summed E-state index contributed by atoms with van der Waals surface area (Å²) in [5, 5.41) is 16.3. The number of carboxylic acid groups (broad SMARTS) is 1. The molecule has 0 saturated carbocycles. The quantitative estimate of drug-likeness (QED) is 0.354. The predicted molar refractivity (Wildman–Crippen MR) is 37.4 cm³/mol. The minimum atomic E-state index is -4.83. The van der Waals surface area contributed by atoms with Gasteiger partial charge in [0.25, 0.3) is 0 Å². The Kier molecular flexibility index (Phi) is 8.50. The third kappa shape index (κ3) is 7.74. The van der Waals surface area contributed by atoms with Crippen molar-refractivity contribution >= 4 is 62.7 Å². The van der Waals surface area contributed by atoms with E-state index in [4.69, 9.17) is 20.0 Å². The number of rotatable bonds is 4. The van der Waals surface area contributed by atoms with E-state index in [9.17, 15) is 9.36 Å². The van der Waals surface area contributed by atoms with Crippen LogP contribution < -0.4 is 0 Å². The van der Waals surface area contributed by atoms with Crippen molar-refractivity contribution in [3.63, 3.8) is 0 Å². The van der Waals surface area contributed by atoms with Gasteiger partial charge in [0.15, 0.2) is 6.10 Å². The fourth-order valence-corrected chi connectivity index (χ4v) is 0.811. The van der Waals surface area contributed by atoms with E-state index in [0.717, 1.165) is 0 Å². The molecule has 0 saturated heterocycles. The SMILES string of the molecule is O=C(O)C(CO)OP(=O)(O)O.[Ba]. The summed E-state index contributed by atoms with van der Waals surface area (Å²) in [6, 6.07) is 0. The molecular formula is C3H7BaO7P. The molecule has 0 aliphatic heterocycles. The standard InChI is InChI=1S/C3H7O7P.Ba/c4-1-2(3(5)6)10-11(7,8)9;/h2,4H,1H2,(H,5,6)(H2,7,8,9);. The van der Waals surface area contributed by atoms with Gasteiger partial charge >= 0.3 is 13.8 Å². The molecule has 0 rings (SSSR count). The second kappa shape index (κ2) is 6.55. The van der Waals surface area contributed by atoms with Gasteiger partial charge in [0.2, 0.25) is 0 Å². The van der Waals surface area contributed by atoms with Crippen molar-refractivity contribution in [2.45, 2.75) is 6.10 Å². The first kappa shape index (κ1) is 15.6. The van der Waals surface area contributed by atoms with Crippen LogP contribution in [0, 0.1) is 0 Å². The van der Waals surface area contributed by atoms with E-state index in [1.54, 1.807) is 0 Å². The maximum atomic E-state index is 10.0. The van der Waals surface area contributed by atoms with Gasteiger partial charge in [-0.3, -0.25) is 4.52 Å². The number of carboxylic acids is 1. The van der Waals surface area contributed by atoms with Gasteiger partial charge in [0, 0.05) is 48.9 Å². The molecule has 1 unspecified atom stereocenters. The fourth-order valence-electron chi connectivity index (χ4n) is 0.322. The van der Waals surface area contributed by atoms with Gasteiger partial charge in [-0.1, -0.05) is 0 Å². The Labute approximate surface area is 108 Å². The Morgan fingerprint density at radius 2 is 1.92 bits per heavy atom. The number of phosphoric ester groups is 1. The molecule has 4 N–H and O–H groups in total. The largest absolute Gasteiger partial charge is 0.479 e. The third-order valence-corrected chi connectivity index (χ3v) is 1.23. The zero-order valence-corrected chi connectivity index (χ0v) is 11.3. The summed E-state index contributed by atoms with van der Waals surface area (Å²) in [4.78, 5) is 26.1. The monoisotopic (exact) mass is 324 g/mol. The normalized spacial score (nSPS) is 13.2. The van der Waals surface area contributed by atoms with Crippen molar-refractivity contribution < 1.29 is 33.9 Å². The first-order chi connectivity index (χ1) is 4.87. The van der Waals surface area contributed by atoms with E-state index in [1.165, 1.54) is 0 Å². The summed E-state index contributed by atoms with van der Waals surface area (Å²) in [6.07, 6.45) is -1.88. The average Bonchev–Trinajstić information content (AvgIpc) is 1.80. The number of phosphoric acid groups is 1. The molecule has 0 aromatic carbocycles. The van der Waals surface area contributed by atoms with Crippen molar-refractivity contribution in [2.75, 3.05) is 6.61 Å². The van der Waals surface area contributed by atoms with Gasteiger partial charge in [-0.05, 0) is 0 Å². The maximum absolute atomic E-state index is 10.0. The Morgan fingerprint density at radius 1 is 1.50 bits per heavy atom. The Morgan fingerprint density at radius 3 is 2.00 bits per heavy atom. The van der Waals surface area contributed by atoms with E-state index in [2.05, 4.69) is 4.52 Å². The number of aliphatic hydroxyl groups excluding tert-OH is 1. The Balaban J connectivity index is 0. The van der Waals surface area contributed by atoms with Crippen LogP contribution in [0.1, 0.15) is 0 Å². The summed E-state index contributed by atoms with van der Waals surface area (Å²) in [6.45, 7) is -0.986. The average molecular weight is 323 g/mol. The van der Waals surface area contributed by atoms with Gasteiger partial charge in [-0.15, -0.1) is 0 Å². The maximum Gasteiger partial charge on any atom is 0.470 e. The number of aliphatic hydroxyl groups is 1. The van der Waals surface area contributed by atoms with Gasteiger partial charge < -0.3 is 20.0 Å². The van der Waals surface area contributed by atoms with E-state index in [1.807, 2.05) is 0 Å². The summed E-state index contributed by atoms with van der Waals surface area (Å²) in [5.74, 6) is -1.63. The van der Waals surface area contributed by atoms with E-state index >= 15 is 0 Å². The smallest absolute Gasteiger partial charge is 0.470 e. The van der Waals surface area contributed by atoms with E-state index in [0.29, 0.717) is 0 Å². The van der Waals surface area contributed by atoms with Crippen LogP contribution in [-0.4, -0.2) is 87.6 Å². The molecule has 0 aliphatic rings. The summed E-state index contributed by atoms with van der Waals surface area (Å²) < 4.78 is 13.7. The third-order valence-electron chi connectivity index (χ3n) is 0.706. The van der Waals surface area contributed by atoms with Crippen LogP contribution in [0.5, 0.6) is 0 Å². The molecule has 2 radical (unpaired) electrons. The van der Waals surface area contributed by atoms with E-state index in [-0.39, 0.29) is 48.9 Å². The van der Waals surface area contributed by atoms with Crippen molar-refractivity contribution in [1.29, 1.82) is 0 Å². The van der Waals surface area contributed by atoms with Gasteiger partial charge in [-0.25, -0.2) is 9.36 Å². The molecule has 0 heterocycles. The molecule has 0 bridgehead atoms. The van der Waals surface area contributed by atoms with Crippen molar-refractivity contribution in [3.05, 3.63) is 0 Å². The molecule has 0 amide bonds. The predicted octanol–water partition coefficient (Wildman–Crippen LogP) is -1.84. The zero-order chi connectivity index (χ0) is 9.07. The summed E-state index contributed by atoms with van der Waals surface area (Å²) in [7, 11) is -4.83. The molecule has 7 nitrogen and oxygen atoms in total. The minimum absolute atomic E-state index is 0. The first-order valence-corrected chi connectivity index (χ1v) is 3.97. The molecule has 1 atom stereocenters. The molecular weight excluding hydrogens is 316 g/mol. The second-order valence-corrected chi connectivity index (χ2v) is 2.80. The molecule has 9 heteroatoms. The van der Waals surface area contributed by atoms with Crippen LogP contribution in [0.2, 0.25) is 0 Å². The Bertz CT molecular complexity index is 187. The number of aliphatic carboxylic acids is 1. The van der Waals surface area contributed by atoms with Crippen molar-refractivity contribution in [3.8, 4) is 0 Å². The van der Waals surface area contributed by atoms with Crippen LogP contribution in [0.25, 0.3) is 0 Å². The van der Waals surface area contributed by atoms with Crippen LogP contribution >= 0.6 is 7.82 Å². The Hall–Kier alpha value is 1.11. The number of hydrogen-bond donors (Lipinski definition) is 4. The van der Waals surface area contributed by atoms with Crippen LogP contribution in [0.15, 0.2) is 0 Å². The molecule has 0 spiro atoms. The summed E-state index contributed by atoms with van der Waals surface area (Å²) >= 11 is 0. The number of hydrogen-bond acceptors (Lipinski definition) is 4. The fraction of sp³-hybridized carbons (Fsp3) is 0.667. The minimum Gasteiger partial charge on any atom is -0.479 e. The molecule has 68 valence electrons. The van der Waals surface area contributed by atoms with Crippen LogP contribution in [0.4, 0.5) is 0 Å². The number of carbonyl (C=O) groups is 1. The van der Waals surface area contributed by atoms with Crippen LogP contribution in [0.3, 0.4) is 0 Å². The van der Waals surface area contributed by atoms with Crippen LogP contribution in [-0.2, 0) is 13.9 Å².